The number of aliphatic hydroxyl groups excluding tert-OH is 1. The average Bonchev–Trinajstić information content (AvgIpc) is 2.62. The number of nitrogens with one attached hydrogen (secondary N) is 1. The van der Waals surface area contributed by atoms with Crippen LogP contribution < -0.4 is 16.0 Å². The van der Waals surface area contributed by atoms with Gasteiger partial charge in [0.25, 0.3) is 5.91 Å². The Morgan fingerprint density at radius 1 is 1.24 bits per heavy atom. The van der Waals surface area contributed by atoms with Crippen molar-refractivity contribution in [3.8, 4) is 5.75 Å². The highest BCUT2D eigenvalue weighted by Gasteiger charge is 2.13. The zero-order chi connectivity index (χ0) is 18.2. The van der Waals surface area contributed by atoms with Crippen LogP contribution in [0.15, 0.2) is 48.5 Å². The highest BCUT2D eigenvalue weighted by Crippen LogP contribution is 2.21. The highest BCUT2D eigenvalue weighted by atomic mass is 16.3. The molecule has 1 atom stereocenters. The molecule has 2 rings (SSSR count). The molecule has 2 aromatic rings. The van der Waals surface area contributed by atoms with E-state index in [1.807, 2.05) is 25.2 Å². The van der Waals surface area contributed by atoms with E-state index in [-0.39, 0.29) is 11.3 Å². The van der Waals surface area contributed by atoms with E-state index in [2.05, 4.69) is 22.3 Å². The quantitative estimate of drug-likeness (QED) is 0.519. The molecule has 25 heavy (non-hydrogen) atoms. The number of amides is 1. The zero-order valence-electron chi connectivity index (χ0n) is 14.4. The minimum Gasteiger partial charge on any atom is -0.507 e. The number of nitrogens with zero attached hydrogens (tertiary/aromatic N) is 1. The molecule has 0 bridgehead atoms. The molecule has 0 heterocycles. The third kappa shape index (κ3) is 5.48. The second-order valence-electron chi connectivity index (χ2n) is 5.97. The average molecular weight is 343 g/mol. The third-order valence-corrected chi connectivity index (χ3v) is 4.05. The Labute approximate surface area is 147 Å². The van der Waals surface area contributed by atoms with Gasteiger partial charge in [-0.25, -0.2) is 0 Å². The van der Waals surface area contributed by atoms with Gasteiger partial charge in [0.15, 0.2) is 0 Å². The van der Waals surface area contributed by atoms with E-state index in [4.69, 9.17) is 5.73 Å². The lowest BCUT2D eigenvalue weighted by atomic mass is 10.0. The molecule has 1 unspecified atom stereocenters. The highest BCUT2D eigenvalue weighted by molar-refractivity contribution is 5.95. The van der Waals surface area contributed by atoms with Crippen molar-refractivity contribution in [1.29, 1.82) is 0 Å². The van der Waals surface area contributed by atoms with E-state index in [0.717, 1.165) is 19.5 Å². The Hall–Kier alpha value is -2.57. The van der Waals surface area contributed by atoms with Crippen LogP contribution in [0.5, 0.6) is 5.75 Å². The summed E-state index contributed by atoms with van der Waals surface area (Å²) >= 11 is 0. The maximum atomic E-state index is 11.2. The summed E-state index contributed by atoms with van der Waals surface area (Å²) in [4.78, 5) is 13.4. The smallest absolute Gasteiger partial charge is 0.252 e. The van der Waals surface area contributed by atoms with Gasteiger partial charge < -0.3 is 26.2 Å². The molecule has 0 aliphatic heterocycles. The van der Waals surface area contributed by atoms with E-state index in [1.165, 1.54) is 17.8 Å². The number of anilines is 1. The Morgan fingerprint density at radius 2 is 1.96 bits per heavy atom. The molecule has 0 radical (unpaired) electrons. The summed E-state index contributed by atoms with van der Waals surface area (Å²) in [5.41, 5.74) is 6.93. The first-order chi connectivity index (χ1) is 12.0. The lowest BCUT2D eigenvalue weighted by Crippen LogP contribution is -2.26. The molecule has 0 fully saturated rings. The Kier molecular flexibility index (Phi) is 6.80. The van der Waals surface area contributed by atoms with Crippen molar-refractivity contribution in [2.45, 2.75) is 12.5 Å². The monoisotopic (exact) mass is 343 g/mol. The van der Waals surface area contributed by atoms with Crippen LogP contribution in [-0.2, 0) is 0 Å². The SMILES string of the molecule is CN(CCCNCC(O)c1ccc(O)c(C(N)=O)c1)c1ccccc1. The number of rotatable bonds is 9. The van der Waals surface area contributed by atoms with Crippen LogP contribution in [0, 0.1) is 0 Å². The molecule has 0 aliphatic rings. The van der Waals surface area contributed by atoms with E-state index in [1.54, 1.807) is 6.07 Å². The van der Waals surface area contributed by atoms with Crippen LogP contribution in [-0.4, -0.2) is 42.8 Å². The first-order valence-corrected chi connectivity index (χ1v) is 8.26. The first-order valence-electron chi connectivity index (χ1n) is 8.26. The number of aromatic hydroxyl groups is 1. The Bertz CT molecular complexity index is 692. The topological polar surface area (TPSA) is 98.8 Å². The second-order valence-corrected chi connectivity index (χ2v) is 5.97. The van der Waals surface area contributed by atoms with Crippen LogP contribution in [0.2, 0.25) is 0 Å². The van der Waals surface area contributed by atoms with Gasteiger partial charge in [-0.2, -0.15) is 0 Å². The van der Waals surface area contributed by atoms with Crippen molar-refractivity contribution in [3.05, 3.63) is 59.7 Å². The predicted molar refractivity (Wildman–Crippen MR) is 98.8 cm³/mol. The molecule has 0 saturated heterocycles. The summed E-state index contributed by atoms with van der Waals surface area (Å²) in [6.07, 6.45) is 0.158. The van der Waals surface area contributed by atoms with Gasteiger partial charge in [-0.3, -0.25) is 4.79 Å². The molecule has 5 N–H and O–H groups in total. The van der Waals surface area contributed by atoms with E-state index >= 15 is 0 Å². The lowest BCUT2D eigenvalue weighted by Gasteiger charge is -2.19. The molecule has 2 aromatic carbocycles. The molecule has 0 spiro atoms. The molecule has 0 aliphatic carbocycles. The fourth-order valence-electron chi connectivity index (χ4n) is 2.57. The van der Waals surface area contributed by atoms with Crippen molar-refractivity contribution in [1.82, 2.24) is 5.32 Å². The first kappa shape index (κ1) is 18.8. The van der Waals surface area contributed by atoms with Gasteiger partial charge >= 0.3 is 0 Å². The number of phenols is 1. The number of carbonyl (C=O) groups is 1. The van der Waals surface area contributed by atoms with Crippen LogP contribution in [0.1, 0.15) is 28.4 Å². The van der Waals surface area contributed by atoms with Gasteiger partial charge in [-0.05, 0) is 42.8 Å². The van der Waals surface area contributed by atoms with E-state index in [9.17, 15) is 15.0 Å². The molecule has 0 saturated carbocycles. The van der Waals surface area contributed by atoms with Gasteiger partial charge in [-0.15, -0.1) is 0 Å². The van der Waals surface area contributed by atoms with Gasteiger partial charge in [0, 0.05) is 25.8 Å². The van der Waals surface area contributed by atoms with Crippen molar-refractivity contribution in [3.63, 3.8) is 0 Å². The molecule has 134 valence electrons. The number of nitrogens with two attached hydrogens (primary N) is 1. The predicted octanol–water partition coefficient (Wildman–Crippen LogP) is 1.64. The number of primary amides is 1. The maximum absolute atomic E-state index is 11.2. The molecule has 1 amide bonds. The van der Waals surface area contributed by atoms with Gasteiger partial charge in [0.1, 0.15) is 5.75 Å². The van der Waals surface area contributed by atoms with Crippen molar-refractivity contribution in [2.24, 2.45) is 5.73 Å². The summed E-state index contributed by atoms with van der Waals surface area (Å²) in [5, 5.41) is 23.0. The minimum absolute atomic E-state index is 0.0148. The number of benzene rings is 2. The normalized spacial score (nSPS) is 11.9. The summed E-state index contributed by atoms with van der Waals surface area (Å²) < 4.78 is 0. The van der Waals surface area contributed by atoms with Crippen molar-refractivity contribution < 1.29 is 15.0 Å². The van der Waals surface area contributed by atoms with E-state index in [0.29, 0.717) is 12.1 Å². The maximum Gasteiger partial charge on any atom is 0.252 e. The van der Waals surface area contributed by atoms with Crippen LogP contribution in [0.4, 0.5) is 5.69 Å². The molecule has 0 aromatic heterocycles. The Balaban J connectivity index is 1.74. The standard InChI is InChI=1S/C19H25N3O3/c1-22(15-6-3-2-4-7-15)11-5-10-21-13-18(24)14-8-9-17(23)16(12-14)19(20)25/h2-4,6-9,12,18,21,23-24H,5,10-11,13H2,1H3,(H2,20,25). The minimum atomic E-state index is -0.773. The fraction of sp³-hybridized carbons (Fsp3) is 0.316. The summed E-state index contributed by atoms with van der Waals surface area (Å²) in [7, 11) is 2.05. The van der Waals surface area contributed by atoms with Gasteiger partial charge in [0.05, 0.1) is 11.7 Å². The molecular weight excluding hydrogens is 318 g/mol. The number of aliphatic hydroxyl groups is 1. The molecule has 6 nitrogen and oxygen atoms in total. The third-order valence-electron chi connectivity index (χ3n) is 4.05. The second kappa shape index (κ2) is 9.05. The summed E-state index contributed by atoms with van der Waals surface area (Å²) in [6, 6.07) is 14.5. The summed E-state index contributed by atoms with van der Waals surface area (Å²) in [6.45, 7) is 2.02. The van der Waals surface area contributed by atoms with Gasteiger partial charge in [-0.1, -0.05) is 24.3 Å². The van der Waals surface area contributed by atoms with Crippen LogP contribution in [0.3, 0.4) is 0 Å². The number of carbonyl (C=O) groups excluding carboxylic acids is 1. The number of hydrogen-bond acceptors (Lipinski definition) is 5. The van der Waals surface area contributed by atoms with Gasteiger partial charge in [0.2, 0.25) is 0 Å². The van der Waals surface area contributed by atoms with Crippen LogP contribution in [0.25, 0.3) is 0 Å². The zero-order valence-corrected chi connectivity index (χ0v) is 14.4. The van der Waals surface area contributed by atoms with E-state index < -0.39 is 12.0 Å². The summed E-state index contributed by atoms with van der Waals surface area (Å²) in [5.74, 6) is -0.899. The van der Waals surface area contributed by atoms with Crippen LogP contribution >= 0.6 is 0 Å². The molecule has 6 heteroatoms. The Morgan fingerprint density at radius 3 is 2.64 bits per heavy atom. The number of hydrogen-bond donors (Lipinski definition) is 4. The fourth-order valence-corrected chi connectivity index (χ4v) is 2.57. The lowest BCUT2D eigenvalue weighted by molar-refractivity contribution is 0.0997. The largest absolute Gasteiger partial charge is 0.507 e. The van der Waals surface area contributed by atoms with Crippen molar-refractivity contribution in [2.75, 3.05) is 31.6 Å². The molecular formula is C19H25N3O3. The van der Waals surface area contributed by atoms with Crippen molar-refractivity contribution >= 4 is 11.6 Å². The number of para-hydroxylation sites is 1.